The minimum Gasteiger partial charge on any atom is -0.327 e. The van der Waals surface area contributed by atoms with Gasteiger partial charge >= 0.3 is 0 Å². The maximum Gasteiger partial charge on any atom is 0.140 e. The Morgan fingerprint density at radius 2 is 1.85 bits per heavy atom. The highest BCUT2D eigenvalue weighted by atomic mass is 79.9. The van der Waals surface area contributed by atoms with Gasteiger partial charge in [-0.05, 0) is 36.8 Å². The molecule has 4 aromatic rings. The molecule has 134 valence electrons. The zero-order valence-electron chi connectivity index (χ0n) is 15.6. The molecule has 0 spiro atoms. The largest absolute Gasteiger partial charge is 0.327 e. The van der Waals surface area contributed by atoms with Crippen molar-refractivity contribution in [1.82, 2.24) is 19.1 Å². The van der Waals surface area contributed by atoms with Crippen LogP contribution in [0.1, 0.15) is 31.2 Å². The third kappa shape index (κ3) is 2.65. The number of alkyl halides is 1. The zero-order valence-corrected chi connectivity index (χ0v) is 17.2. The molecule has 0 aliphatic carbocycles. The van der Waals surface area contributed by atoms with E-state index in [-0.39, 0.29) is 0 Å². The maximum absolute atomic E-state index is 4.95. The maximum atomic E-state index is 4.95. The summed E-state index contributed by atoms with van der Waals surface area (Å²) in [5, 5.41) is 0.910. The van der Waals surface area contributed by atoms with Crippen molar-refractivity contribution in [3.05, 3.63) is 47.8 Å². The van der Waals surface area contributed by atoms with Gasteiger partial charge < -0.3 is 9.13 Å². The Kier molecular flexibility index (Phi) is 4.35. The molecule has 0 fully saturated rings. The number of rotatable bonds is 4. The van der Waals surface area contributed by atoms with Crippen LogP contribution in [0.2, 0.25) is 0 Å². The third-order valence-corrected chi connectivity index (χ3v) is 5.30. The van der Waals surface area contributed by atoms with Gasteiger partial charge in [-0.2, -0.15) is 0 Å². The van der Waals surface area contributed by atoms with Crippen molar-refractivity contribution >= 4 is 38.0 Å². The highest BCUT2D eigenvalue weighted by Gasteiger charge is 2.18. The molecule has 0 bridgehead atoms. The monoisotopic (exact) mass is 410 g/mol. The lowest BCUT2D eigenvalue weighted by atomic mass is 10.1. The first-order valence-electron chi connectivity index (χ1n) is 8.99. The zero-order chi connectivity index (χ0) is 18.4. The fourth-order valence-corrected chi connectivity index (χ4v) is 4.06. The first-order chi connectivity index (χ1) is 12.5. The Labute approximate surface area is 162 Å². The lowest BCUT2D eigenvalue weighted by Gasteiger charge is -2.10. The molecule has 0 saturated heterocycles. The van der Waals surface area contributed by atoms with E-state index in [0.717, 1.165) is 45.6 Å². The summed E-state index contributed by atoms with van der Waals surface area (Å²) in [6.45, 7) is 7.46. The number of halogens is 1. The molecule has 26 heavy (non-hydrogen) atoms. The summed E-state index contributed by atoms with van der Waals surface area (Å²) in [4.78, 5) is 9.82. The fraction of sp³-hybridized carbons (Fsp3) is 0.333. The average Bonchev–Trinajstić information content (AvgIpc) is 3.15. The Bertz CT molecular complexity index is 1100. The third-order valence-electron chi connectivity index (χ3n) is 4.94. The van der Waals surface area contributed by atoms with Crippen molar-refractivity contribution in [3.8, 4) is 11.4 Å². The molecule has 2 aromatic heterocycles. The van der Waals surface area contributed by atoms with Crippen molar-refractivity contribution in [1.29, 1.82) is 0 Å². The van der Waals surface area contributed by atoms with Gasteiger partial charge in [-0.3, -0.25) is 0 Å². The summed E-state index contributed by atoms with van der Waals surface area (Å²) in [7, 11) is 2.08. The van der Waals surface area contributed by atoms with Crippen molar-refractivity contribution in [2.75, 3.05) is 5.33 Å². The topological polar surface area (TPSA) is 35.6 Å². The number of hydrogen-bond acceptors (Lipinski definition) is 2. The molecular weight excluding hydrogens is 388 g/mol. The SMILES string of the molecule is Cc1cc(-c2nc3ccccc3n2C)cc2c1nc(C(C)C)n2CCBr. The quantitative estimate of drug-likeness (QED) is 0.421. The second kappa shape index (κ2) is 6.54. The molecule has 0 N–H and O–H groups in total. The van der Waals surface area contributed by atoms with Crippen LogP contribution in [-0.2, 0) is 13.6 Å². The summed E-state index contributed by atoms with van der Waals surface area (Å²) in [6.07, 6.45) is 0. The van der Waals surface area contributed by atoms with E-state index in [1.807, 2.05) is 6.07 Å². The minimum atomic E-state index is 0.389. The molecular formula is C21H23BrN4. The Morgan fingerprint density at radius 1 is 1.08 bits per heavy atom. The molecule has 0 saturated carbocycles. The molecule has 0 amide bonds. The van der Waals surface area contributed by atoms with Gasteiger partial charge in [-0.25, -0.2) is 9.97 Å². The van der Waals surface area contributed by atoms with Gasteiger partial charge in [-0.15, -0.1) is 0 Å². The number of para-hydroxylation sites is 2. The van der Waals surface area contributed by atoms with E-state index in [0.29, 0.717) is 5.92 Å². The predicted molar refractivity (Wildman–Crippen MR) is 112 cm³/mol. The van der Waals surface area contributed by atoms with Crippen molar-refractivity contribution in [2.24, 2.45) is 7.05 Å². The summed E-state index contributed by atoms with van der Waals surface area (Å²) < 4.78 is 4.51. The number of benzene rings is 2. The van der Waals surface area contributed by atoms with Gasteiger partial charge in [0.1, 0.15) is 11.6 Å². The van der Waals surface area contributed by atoms with Crippen LogP contribution in [-0.4, -0.2) is 24.4 Å². The molecule has 4 rings (SSSR count). The van der Waals surface area contributed by atoms with E-state index in [1.165, 1.54) is 11.1 Å². The number of aryl methyl sites for hydroxylation is 3. The molecule has 0 unspecified atom stereocenters. The summed E-state index contributed by atoms with van der Waals surface area (Å²) in [5.74, 6) is 2.53. The molecule has 0 aliphatic heterocycles. The van der Waals surface area contributed by atoms with Crippen LogP contribution in [0.5, 0.6) is 0 Å². The Hall–Kier alpha value is -2.14. The number of fused-ring (bicyclic) bond motifs is 2. The number of imidazole rings is 2. The van der Waals surface area contributed by atoms with Crippen LogP contribution < -0.4 is 0 Å². The lowest BCUT2D eigenvalue weighted by Crippen LogP contribution is -2.06. The summed E-state index contributed by atoms with van der Waals surface area (Å²) in [5.41, 5.74) is 6.79. The first-order valence-corrected chi connectivity index (χ1v) is 10.1. The molecule has 0 aliphatic rings. The standard InChI is InChI=1S/C21H23BrN4/c1-13(2)20-24-19-14(3)11-15(12-18(19)26(20)10-9-22)21-23-16-7-5-6-8-17(16)25(21)4/h5-8,11-13H,9-10H2,1-4H3. The highest BCUT2D eigenvalue weighted by molar-refractivity contribution is 9.09. The van der Waals surface area contributed by atoms with Crippen LogP contribution >= 0.6 is 15.9 Å². The van der Waals surface area contributed by atoms with E-state index in [1.54, 1.807) is 0 Å². The molecule has 0 radical (unpaired) electrons. The normalized spacial score (nSPS) is 11.9. The smallest absolute Gasteiger partial charge is 0.140 e. The van der Waals surface area contributed by atoms with Crippen molar-refractivity contribution in [2.45, 2.75) is 33.2 Å². The summed E-state index contributed by atoms with van der Waals surface area (Å²) in [6, 6.07) is 12.7. The molecule has 2 heterocycles. The van der Waals surface area contributed by atoms with Crippen LogP contribution in [0.15, 0.2) is 36.4 Å². The van der Waals surface area contributed by atoms with E-state index in [9.17, 15) is 0 Å². The molecule has 2 aromatic carbocycles. The summed E-state index contributed by atoms with van der Waals surface area (Å²) >= 11 is 3.59. The van der Waals surface area contributed by atoms with E-state index in [2.05, 4.69) is 83.2 Å². The Morgan fingerprint density at radius 3 is 2.54 bits per heavy atom. The molecule has 5 heteroatoms. The van der Waals surface area contributed by atoms with Gasteiger partial charge in [0.2, 0.25) is 0 Å². The fourth-order valence-electron chi connectivity index (χ4n) is 3.70. The minimum absolute atomic E-state index is 0.389. The van der Waals surface area contributed by atoms with E-state index in [4.69, 9.17) is 9.97 Å². The van der Waals surface area contributed by atoms with Gasteiger partial charge in [-0.1, -0.05) is 41.9 Å². The van der Waals surface area contributed by atoms with Crippen LogP contribution in [0.3, 0.4) is 0 Å². The van der Waals surface area contributed by atoms with Gasteiger partial charge in [0.25, 0.3) is 0 Å². The molecule has 4 nitrogen and oxygen atoms in total. The van der Waals surface area contributed by atoms with Gasteiger partial charge in [0.05, 0.1) is 22.1 Å². The van der Waals surface area contributed by atoms with E-state index < -0.39 is 0 Å². The first kappa shape index (κ1) is 17.3. The second-order valence-electron chi connectivity index (χ2n) is 7.11. The molecule has 0 atom stereocenters. The van der Waals surface area contributed by atoms with Crippen LogP contribution in [0.25, 0.3) is 33.5 Å². The van der Waals surface area contributed by atoms with Crippen LogP contribution in [0.4, 0.5) is 0 Å². The van der Waals surface area contributed by atoms with Crippen molar-refractivity contribution < 1.29 is 0 Å². The highest BCUT2D eigenvalue weighted by Crippen LogP contribution is 2.31. The van der Waals surface area contributed by atoms with Gasteiger partial charge in [0, 0.05) is 30.4 Å². The number of aromatic nitrogens is 4. The van der Waals surface area contributed by atoms with Crippen molar-refractivity contribution in [3.63, 3.8) is 0 Å². The predicted octanol–water partition coefficient (Wildman–Crippen LogP) is 5.42. The number of nitrogens with zero attached hydrogens (tertiary/aromatic N) is 4. The Balaban J connectivity index is 1.99. The van der Waals surface area contributed by atoms with Crippen LogP contribution in [0, 0.1) is 6.92 Å². The van der Waals surface area contributed by atoms with Gasteiger partial charge in [0.15, 0.2) is 0 Å². The van der Waals surface area contributed by atoms with E-state index >= 15 is 0 Å². The average molecular weight is 411 g/mol. The lowest BCUT2D eigenvalue weighted by molar-refractivity contribution is 0.672. The number of hydrogen-bond donors (Lipinski definition) is 0. The second-order valence-corrected chi connectivity index (χ2v) is 7.90.